The topological polar surface area (TPSA) is 84.2 Å². The molecular formula is C18H18N6O2. The van der Waals surface area contributed by atoms with E-state index < -0.39 is 0 Å². The van der Waals surface area contributed by atoms with Gasteiger partial charge in [0.15, 0.2) is 0 Å². The van der Waals surface area contributed by atoms with Crippen LogP contribution in [0.2, 0.25) is 0 Å². The number of carbonyl (C=O) groups is 1. The van der Waals surface area contributed by atoms with Gasteiger partial charge in [-0.05, 0) is 12.1 Å². The van der Waals surface area contributed by atoms with Crippen LogP contribution in [-0.2, 0) is 7.05 Å². The van der Waals surface area contributed by atoms with E-state index in [1.165, 1.54) is 10.9 Å². The first kappa shape index (κ1) is 16.2. The Kier molecular flexibility index (Phi) is 4.08. The Balaban J connectivity index is 1.47. The van der Waals surface area contributed by atoms with E-state index >= 15 is 0 Å². The molecule has 26 heavy (non-hydrogen) atoms. The van der Waals surface area contributed by atoms with Crippen LogP contribution in [0.4, 0.5) is 5.69 Å². The second-order valence-corrected chi connectivity index (χ2v) is 6.20. The zero-order valence-electron chi connectivity index (χ0n) is 14.4. The minimum atomic E-state index is -0.146. The minimum absolute atomic E-state index is 0.120. The van der Waals surface area contributed by atoms with Crippen molar-refractivity contribution in [1.29, 1.82) is 0 Å². The van der Waals surface area contributed by atoms with Crippen LogP contribution >= 0.6 is 0 Å². The molecule has 1 fully saturated rings. The highest BCUT2D eigenvalue weighted by molar-refractivity contribution is 5.94. The highest BCUT2D eigenvalue weighted by Gasteiger charge is 2.24. The lowest BCUT2D eigenvalue weighted by Gasteiger charge is -2.35. The van der Waals surface area contributed by atoms with Crippen molar-refractivity contribution in [2.24, 2.45) is 7.05 Å². The minimum Gasteiger partial charge on any atom is -0.367 e. The van der Waals surface area contributed by atoms with Crippen LogP contribution in [-0.4, -0.2) is 56.7 Å². The Morgan fingerprint density at radius 2 is 1.77 bits per heavy atom. The maximum absolute atomic E-state index is 12.7. The lowest BCUT2D eigenvalue weighted by atomic mass is 10.2. The van der Waals surface area contributed by atoms with E-state index in [0.717, 1.165) is 11.2 Å². The third kappa shape index (κ3) is 3.01. The Labute approximate surface area is 149 Å². The van der Waals surface area contributed by atoms with Crippen LogP contribution in [0, 0.1) is 0 Å². The highest BCUT2D eigenvalue weighted by Crippen LogP contribution is 2.15. The fourth-order valence-electron chi connectivity index (χ4n) is 3.02. The van der Waals surface area contributed by atoms with Crippen LogP contribution in [0.3, 0.4) is 0 Å². The molecule has 0 aliphatic carbocycles. The van der Waals surface area contributed by atoms with Gasteiger partial charge in [-0.1, -0.05) is 12.1 Å². The van der Waals surface area contributed by atoms with Gasteiger partial charge in [-0.3, -0.25) is 14.6 Å². The van der Waals surface area contributed by atoms with Gasteiger partial charge >= 0.3 is 0 Å². The van der Waals surface area contributed by atoms with Crippen molar-refractivity contribution >= 4 is 22.6 Å². The van der Waals surface area contributed by atoms with Crippen molar-refractivity contribution in [2.45, 2.75) is 0 Å². The summed E-state index contributed by atoms with van der Waals surface area (Å²) < 4.78 is 1.29. The molecule has 0 unspecified atom stereocenters. The molecule has 1 aliphatic heterocycles. The van der Waals surface area contributed by atoms with Gasteiger partial charge in [-0.15, -0.1) is 0 Å². The summed E-state index contributed by atoms with van der Waals surface area (Å²) in [6, 6.07) is 9.05. The molecule has 0 bridgehead atoms. The molecule has 0 spiro atoms. The number of amides is 1. The lowest BCUT2D eigenvalue weighted by Crippen LogP contribution is -2.49. The average Bonchev–Trinajstić information content (AvgIpc) is 2.69. The van der Waals surface area contributed by atoms with E-state index in [2.05, 4.69) is 20.0 Å². The van der Waals surface area contributed by atoms with Gasteiger partial charge in [-0.2, -0.15) is 5.10 Å². The molecule has 132 valence electrons. The van der Waals surface area contributed by atoms with E-state index in [1.54, 1.807) is 24.2 Å². The number of rotatable bonds is 2. The molecule has 0 radical (unpaired) electrons. The first-order valence-corrected chi connectivity index (χ1v) is 8.41. The summed E-state index contributed by atoms with van der Waals surface area (Å²) in [6.07, 6.45) is 3.20. The maximum Gasteiger partial charge on any atom is 0.274 e. The van der Waals surface area contributed by atoms with Gasteiger partial charge in [0, 0.05) is 39.3 Å². The van der Waals surface area contributed by atoms with E-state index in [1.807, 2.05) is 24.3 Å². The normalized spacial score (nSPS) is 14.7. The Morgan fingerprint density at radius 3 is 2.50 bits per heavy atom. The summed E-state index contributed by atoms with van der Waals surface area (Å²) in [5, 5.41) is 4.05. The highest BCUT2D eigenvalue weighted by atomic mass is 16.2. The van der Waals surface area contributed by atoms with E-state index in [0.29, 0.717) is 37.4 Å². The van der Waals surface area contributed by atoms with Gasteiger partial charge in [0.2, 0.25) is 0 Å². The van der Waals surface area contributed by atoms with E-state index in [9.17, 15) is 9.59 Å². The molecule has 1 amide bonds. The summed E-state index contributed by atoms with van der Waals surface area (Å²) in [5.41, 5.74) is 2.47. The monoisotopic (exact) mass is 350 g/mol. The summed E-state index contributed by atoms with van der Waals surface area (Å²) in [7, 11) is 1.62. The SMILES string of the molecule is Cn1ncc(N2CCN(C(=O)c3cnc4ccccc4n3)CC2)cc1=O. The standard InChI is InChI=1S/C18H18N6O2/c1-22-17(25)10-13(11-20-22)23-6-8-24(9-7-23)18(26)16-12-19-14-4-2-3-5-15(14)21-16/h2-5,10-12H,6-9H2,1H3. The first-order valence-electron chi connectivity index (χ1n) is 8.41. The predicted molar refractivity (Wildman–Crippen MR) is 97.1 cm³/mol. The predicted octanol–water partition coefficient (Wildman–Crippen LogP) is 0.686. The van der Waals surface area contributed by atoms with Crippen LogP contribution < -0.4 is 10.5 Å². The summed E-state index contributed by atoms with van der Waals surface area (Å²) >= 11 is 0. The number of aryl methyl sites for hydroxylation is 1. The molecule has 0 saturated carbocycles. The Bertz CT molecular complexity index is 1020. The second-order valence-electron chi connectivity index (χ2n) is 6.20. The number of anilines is 1. The molecule has 8 nitrogen and oxygen atoms in total. The largest absolute Gasteiger partial charge is 0.367 e. The van der Waals surface area contributed by atoms with Crippen molar-refractivity contribution in [3.63, 3.8) is 0 Å². The number of piperazine rings is 1. The molecule has 1 aromatic carbocycles. The number of aromatic nitrogens is 4. The number of para-hydroxylation sites is 2. The smallest absolute Gasteiger partial charge is 0.274 e. The summed E-state index contributed by atoms with van der Waals surface area (Å²) in [5.74, 6) is -0.120. The van der Waals surface area contributed by atoms with Crippen molar-refractivity contribution in [1.82, 2.24) is 24.6 Å². The third-order valence-electron chi connectivity index (χ3n) is 4.55. The quantitative estimate of drug-likeness (QED) is 0.676. The van der Waals surface area contributed by atoms with E-state index in [-0.39, 0.29) is 11.5 Å². The second kappa shape index (κ2) is 6.55. The van der Waals surface area contributed by atoms with Crippen molar-refractivity contribution in [3.8, 4) is 0 Å². The van der Waals surface area contributed by atoms with Crippen LogP contribution in [0.25, 0.3) is 11.0 Å². The van der Waals surface area contributed by atoms with Gasteiger partial charge in [0.1, 0.15) is 5.69 Å². The molecule has 3 aromatic rings. The molecule has 3 heterocycles. The fourth-order valence-corrected chi connectivity index (χ4v) is 3.02. The lowest BCUT2D eigenvalue weighted by molar-refractivity contribution is 0.0741. The van der Waals surface area contributed by atoms with Crippen LogP contribution in [0.15, 0.2) is 47.5 Å². The Hall–Kier alpha value is -3.29. The van der Waals surface area contributed by atoms with Gasteiger partial charge in [0.05, 0.1) is 29.1 Å². The molecule has 1 saturated heterocycles. The van der Waals surface area contributed by atoms with Gasteiger partial charge < -0.3 is 9.80 Å². The zero-order valence-corrected chi connectivity index (χ0v) is 14.4. The average molecular weight is 350 g/mol. The number of benzene rings is 1. The van der Waals surface area contributed by atoms with Crippen molar-refractivity contribution < 1.29 is 4.79 Å². The number of fused-ring (bicyclic) bond motifs is 1. The third-order valence-corrected chi connectivity index (χ3v) is 4.55. The van der Waals surface area contributed by atoms with Gasteiger partial charge in [-0.25, -0.2) is 9.67 Å². The number of hydrogen-bond donors (Lipinski definition) is 0. The fraction of sp³-hybridized carbons (Fsp3) is 0.278. The molecule has 4 rings (SSSR count). The number of nitrogens with zero attached hydrogens (tertiary/aromatic N) is 6. The van der Waals surface area contributed by atoms with Gasteiger partial charge in [0.25, 0.3) is 11.5 Å². The zero-order chi connectivity index (χ0) is 18.1. The van der Waals surface area contributed by atoms with Crippen molar-refractivity contribution in [3.05, 3.63) is 58.8 Å². The first-order chi connectivity index (χ1) is 12.6. The number of carbonyl (C=O) groups excluding carboxylic acids is 1. The Morgan fingerprint density at radius 1 is 1.04 bits per heavy atom. The maximum atomic E-state index is 12.7. The molecule has 0 N–H and O–H groups in total. The molecular weight excluding hydrogens is 332 g/mol. The molecule has 0 atom stereocenters. The van der Waals surface area contributed by atoms with Crippen LogP contribution in [0.5, 0.6) is 0 Å². The van der Waals surface area contributed by atoms with E-state index in [4.69, 9.17) is 0 Å². The molecule has 2 aromatic heterocycles. The van der Waals surface area contributed by atoms with Crippen LogP contribution in [0.1, 0.15) is 10.5 Å². The summed E-state index contributed by atoms with van der Waals surface area (Å²) in [4.78, 5) is 37.0. The van der Waals surface area contributed by atoms with Crippen molar-refractivity contribution in [2.75, 3.05) is 31.1 Å². The molecule has 1 aliphatic rings. The summed E-state index contributed by atoms with van der Waals surface area (Å²) in [6.45, 7) is 2.40. The number of hydrogen-bond acceptors (Lipinski definition) is 6. The molecule has 8 heteroatoms.